The maximum absolute atomic E-state index is 12.3. The molecule has 1 amide bonds. The van der Waals surface area contributed by atoms with Gasteiger partial charge in [0.05, 0.1) is 0 Å². The van der Waals surface area contributed by atoms with Crippen LogP contribution < -0.4 is 20.1 Å². The fourth-order valence-electron chi connectivity index (χ4n) is 2.51. The van der Waals surface area contributed by atoms with Gasteiger partial charge >= 0.3 is 0 Å². The maximum atomic E-state index is 12.3. The monoisotopic (exact) mass is 406 g/mol. The molecule has 0 saturated carbocycles. The van der Waals surface area contributed by atoms with E-state index < -0.39 is 0 Å². The van der Waals surface area contributed by atoms with Crippen LogP contribution in [-0.4, -0.2) is 24.2 Å². The van der Waals surface area contributed by atoms with Crippen LogP contribution in [0.2, 0.25) is 0 Å². The number of amides is 1. The van der Waals surface area contributed by atoms with E-state index in [4.69, 9.17) is 21.7 Å². The number of anilines is 1. The summed E-state index contributed by atoms with van der Waals surface area (Å²) >= 11 is 5.20. The summed E-state index contributed by atoms with van der Waals surface area (Å²) in [5.74, 6) is 1.19. The lowest BCUT2D eigenvalue weighted by atomic mass is 10.2. The van der Waals surface area contributed by atoms with Crippen LogP contribution in [0.15, 0.2) is 78.9 Å². The topological polar surface area (TPSA) is 59.6 Å². The number of ether oxygens (including phenoxy) is 2. The van der Waals surface area contributed by atoms with Crippen LogP contribution in [0.3, 0.4) is 0 Å². The van der Waals surface area contributed by atoms with Crippen LogP contribution in [0.4, 0.5) is 5.69 Å². The molecule has 0 saturated heterocycles. The minimum atomic E-state index is -0.284. The standard InChI is InChI=1S/C23H22N2O3S/c1-17-7-11-19(12-8-17)24-23(29)25-22(26)18-9-13-21(14-10-18)28-16-15-27-20-5-3-2-4-6-20/h2-14H,15-16H2,1H3,(H2,24,25,26,29). The minimum Gasteiger partial charge on any atom is -0.490 e. The van der Waals surface area contributed by atoms with E-state index in [1.807, 2.05) is 61.5 Å². The van der Waals surface area contributed by atoms with Gasteiger partial charge < -0.3 is 14.8 Å². The first kappa shape index (κ1) is 20.4. The van der Waals surface area contributed by atoms with Crippen molar-refractivity contribution in [2.75, 3.05) is 18.5 Å². The van der Waals surface area contributed by atoms with Crippen LogP contribution in [0.1, 0.15) is 15.9 Å². The van der Waals surface area contributed by atoms with Gasteiger partial charge in [-0.25, -0.2) is 0 Å². The Balaban J connectivity index is 1.43. The van der Waals surface area contributed by atoms with Gasteiger partial charge in [-0.15, -0.1) is 0 Å². The number of hydrogen-bond donors (Lipinski definition) is 2. The van der Waals surface area contributed by atoms with Crippen molar-refractivity contribution in [3.8, 4) is 11.5 Å². The van der Waals surface area contributed by atoms with Gasteiger partial charge in [0.15, 0.2) is 5.11 Å². The highest BCUT2D eigenvalue weighted by Crippen LogP contribution is 2.13. The van der Waals surface area contributed by atoms with Gasteiger partial charge in [0.25, 0.3) is 5.91 Å². The van der Waals surface area contributed by atoms with E-state index in [2.05, 4.69) is 10.6 Å². The molecule has 0 radical (unpaired) electrons. The number of hydrogen-bond acceptors (Lipinski definition) is 4. The third kappa shape index (κ3) is 6.62. The lowest BCUT2D eigenvalue weighted by Crippen LogP contribution is -2.34. The second-order valence-electron chi connectivity index (χ2n) is 6.31. The van der Waals surface area contributed by atoms with Crippen LogP contribution >= 0.6 is 12.2 Å². The highest BCUT2D eigenvalue weighted by Gasteiger charge is 2.08. The van der Waals surface area contributed by atoms with E-state index in [9.17, 15) is 4.79 Å². The predicted octanol–water partition coefficient (Wildman–Crippen LogP) is 4.58. The lowest BCUT2D eigenvalue weighted by Gasteiger charge is -2.11. The highest BCUT2D eigenvalue weighted by atomic mass is 32.1. The summed E-state index contributed by atoms with van der Waals surface area (Å²) in [7, 11) is 0. The van der Waals surface area contributed by atoms with Crippen molar-refractivity contribution in [3.63, 3.8) is 0 Å². The third-order valence-corrected chi connectivity index (χ3v) is 4.22. The predicted molar refractivity (Wildman–Crippen MR) is 119 cm³/mol. The van der Waals surface area contributed by atoms with Crippen LogP contribution in [0.25, 0.3) is 0 Å². The molecule has 0 spiro atoms. The van der Waals surface area contributed by atoms with Crippen LogP contribution in [0.5, 0.6) is 11.5 Å². The number of rotatable bonds is 7. The fraction of sp³-hybridized carbons (Fsp3) is 0.130. The van der Waals surface area contributed by atoms with Gasteiger partial charge in [0.1, 0.15) is 24.7 Å². The lowest BCUT2D eigenvalue weighted by molar-refractivity contribution is 0.0977. The Kier molecular flexibility index (Phi) is 7.19. The molecule has 0 aliphatic heterocycles. The molecule has 3 aromatic rings. The minimum absolute atomic E-state index is 0.247. The zero-order chi connectivity index (χ0) is 20.5. The van der Waals surface area contributed by atoms with Crippen LogP contribution in [0, 0.1) is 6.92 Å². The second-order valence-corrected chi connectivity index (χ2v) is 6.72. The van der Waals surface area contributed by atoms with E-state index in [-0.39, 0.29) is 11.0 Å². The Morgan fingerprint density at radius 1 is 0.828 bits per heavy atom. The molecule has 0 aromatic heterocycles. The molecule has 0 aliphatic rings. The summed E-state index contributed by atoms with van der Waals surface area (Å²) < 4.78 is 11.2. The van der Waals surface area contributed by atoms with E-state index in [0.29, 0.717) is 24.5 Å². The van der Waals surface area contributed by atoms with Gasteiger partial charge in [0, 0.05) is 11.3 Å². The Bertz CT molecular complexity index is 942. The summed E-state index contributed by atoms with van der Waals surface area (Å²) in [6.07, 6.45) is 0. The summed E-state index contributed by atoms with van der Waals surface area (Å²) in [4.78, 5) is 12.3. The summed E-state index contributed by atoms with van der Waals surface area (Å²) in [6.45, 7) is 2.85. The van der Waals surface area contributed by atoms with Crippen molar-refractivity contribution in [1.82, 2.24) is 5.32 Å². The number of nitrogens with one attached hydrogen (secondary N) is 2. The Morgan fingerprint density at radius 3 is 2.03 bits per heavy atom. The average molecular weight is 407 g/mol. The molecule has 148 valence electrons. The molecule has 0 atom stereocenters. The second kappa shape index (κ2) is 10.2. The number of benzene rings is 3. The van der Waals surface area contributed by atoms with Gasteiger partial charge in [-0.3, -0.25) is 10.1 Å². The molecule has 29 heavy (non-hydrogen) atoms. The Morgan fingerprint density at radius 2 is 1.41 bits per heavy atom. The zero-order valence-corrected chi connectivity index (χ0v) is 16.9. The van der Waals surface area contributed by atoms with Crippen molar-refractivity contribution >= 4 is 28.9 Å². The normalized spacial score (nSPS) is 10.1. The number of para-hydroxylation sites is 1. The highest BCUT2D eigenvalue weighted by molar-refractivity contribution is 7.80. The summed E-state index contributed by atoms with van der Waals surface area (Å²) in [6, 6.07) is 24.2. The quantitative estimate of drug-likeness (QED) is 0.444. The molecule has 3 aromatic carbocycles. The molecule has 3 rings (SSSR count). The van der Waals surface area contributed by atoms with Crippen molar-refractivity contribution in [2.45, 2.75) is 6.92 Å². The SMILES string of the molecule is Cc1ccc(NC(=S)NC(=O)c2ccc(OCCOc3ccccc3)cc2)cc1. The van der Waals surface area contributed by atoms with Crippen molar-refractivity contribution in [2.24, 2.45) is 0 Å². The molecule has 6 heteroatoms. The van der Waals surface area contributed by atoms with E-state index in [1.165, 1.54) is 0 Å². The van der Waals surface area contributed by atoms with Gasteiger partial charge in [0.2, 0.25) is 0 Å². The van der Waals surface area contributed by atoms with Crippen molar-refractivity contribution in [3.05, 3.63) is 90.0 Å². The zero-order valence-electron chi connectivity index (χ0n) is 16.1. The number of carbonyl (C=O) groups excluding carboxylic acids is 1. The Hall–Kier alpha value is -3.38. The molecule has 0 heterocycles. The molecule has 0 bridgehead atoms. The Labute approximate surface area is 175 Å². The summed E-state index contributed by atoms with van der Waals surface area (Å²) in [5.41, 5.74) is 2.47. The average Bonchev–Trinajstić information content (AvgIpc) is 2.74. The molecule has 0 fully saturated rings. The van der Waals surface area contributed by atoms with Crippen LogP contribution in [-0.2, 0) is 0 Å². The van der Waals surface area contributed by atoms with Gasteiger partial charge in [-0.05, 0) is 67.7 Å². The maximum Gasteiger partial charge on any atom is 0.257 e. The third-order valence-electron chi connectivity index (χ3n) is 4.02. The number of thiocarbonyl (C=S) groups is 1. The smallest absolute Gasteiger partial charge is 0.257 e. The largest absolute Gasteiger partial charge is 0.490 e. The fourth-order valence-corrected chi connectivity index (χ4v) is 2.72. The molecule has 2 N–H and O–H groups in total. The van der Waals surface area contributed by atoms with E-state index in [1.54, 1.807) is 24.3 Å². The number of aryl methyl sites for hydroxylation is 1. The molecule has 5 nitrogen and oxygen atoms in total. The first-order chi connectivity index (χ1) is 14.1. The van der Waals surface area contributed by atoms with Gasteiger partial charge in [-0.2, -0.15) is 0 Å². The molecular formula is C23H22N2O3S. The first-order valence-electron chi connectivity index (χ1n) is 9.20. The number of carbonyl (C=O) groups is 1. The van der Waals surface area contributed by atoms with Gasteiger partial charge in [-0.1, -0.05) is 35.9 Å². The van der Waals surface area contributed by atoms with Crippen molar-refractivity contribution < 1.29 is 14.3 Å². The van der Waals surface area contributed by atoms with E-state index in [0.717, 1.165) is 17.0 Å². The molecular weight excluding hydrogens is 384 g/mol. The molecule has 0 aliphatic carbocycles. The van der Waals surface area contributed by atoms with Crippen molar-refractivity contribution in [1.29, 1.82) is 0 Å². The van der Waals surface area contributed by atoms with E-state index >= 15 is 0 Å². The first-order valence-corrected chi connectivity index (χ1v) is 9.61. The molecule has 0 unspecified atom stereocenters. The summed E-state index contributed by atoms with van der Waals surface area (Å²) in [5, 5.41) is 5.91.